The smallest absolute Gasteiger partial charge is 0.257 e. The topological polar surface area (TPSA) is 50.6 Å². The Kier molecular flexibility index (Phi) is 6.32. The van der Waals surface area contributed by atoms with E-state index in [2.05, 4.69) is 10.00 Å². The minimum absolute atomic E-state index is 0.0705. The zero-order chi connectivity index (χ0) is 21.8. The molecule has 2 aromatic carbocycles. The molecule has 3 aromatic rings. The summed E-state index contributed by atoms with van der Waals surface area (Å²) in [4.78, 5) is 17.1. The van der Waals surface area contributed by atoms with Gasteiger partial charge in [-0.3, -0.25) is 9.69 Å². The van der Waals surface area contributed by atoms with Gasteiger partial charge < -0.3 is 9.64 Å². The van der Waals surface area contributed by atoms with E-state index < -0.39 is 0 Å². The first kappa shape index (κ1) is 21.1. The van der Waals surface area contributed by atoms with Crippen LogP contribution in [0, 0.1) is 5.82 Å². The van der Waals surface area contributed by atoms with Gasteiger partial charge in [-0.1, -0.05) is 30.3 Å². The van der Waals surface area contributed by atoms with E-state index in [1.165, 1.54) is 6.07 Å². The number of carbonyl (C=O) groups is 1. The van der Waals surface area contributed by atoms with Crippen molar-refractivity contribution in [3.05, 3.63) is 77.9 Å². The Morgan fingerprint density at radius 2 is 2.00 bits per heavy atom. The second-order valence-corrected chi connectivity index (χ2v) is 7.88. The highest BCUT2D eigenvalue weighted by Gasteiger charge is 2.28. The van der Waals surface area contributed by atoms with Gasteiger partial charge in [0.15, 0.2) is 0 Å². The molecule has 7 heteroatoms. The molecular formula is C24H27FN4O2. The van der Waals surface area contributed by atoms with Crippen molar-refractivity contribution in [1.82, 2.24) is 19.6 Å². The molecule has 0 N–H and O–H groups in total. The van der Waals surface area contributed by atoms with E-state index in [4.69, 9.17) is 4.74 Å². The number of hydrogen-bond donors (Lipinski definition) is 0. The van der Waals surface area contributed by atoms with Gasteiger partial charge in [0.1, 0.15) is 17.3 Å². The van der Waals surface area contributed by atoms with Crippen LogP contribution in [0.25, 0.3) is 5.69 Å². The number of piperidine rings is 1. The summed E-state index contributed by atoms with van der Waals surface area (Å²) in [5.74, 6) is 0.436. The van der Waals surface area contributed by atoms with E-state index in [-0.39, 0.29) is 17.8 Å². The van der Waals surface area contributed by atoms with Crippen LogP contribution in [0.4, 0.5) is 4.39 Å². The molecule has 0 aliphatic carbocycles. The normalized spacial score (nSPS) is 16.8. The molecule has 2 heterocycles. The minimum Gasteiger partial charge on any atom is -0.494 e. The molecule has 1 atom stereocenters. The Morgan fingerprint density at radius 3 is 2.81 bits per heavy atom. The fourth-order valence-corrected chi connectivity index (χ4v) is 4.11. The predicted octanol–water partition coefficient (Wildman–Crippen LogP) is 3.76. The van der Waals surface area contributed by atoms with Gasteiger partial charge in [-0.25, -0.2) is 9.07 Å². The number of benzene rings is 2. The highest BCUT2D eigenvalue weighted by molar-refractivity contribution is 5.93. The van der Waals surface area contributed by atoms with Crippen molar-refractivity contribution in [3.63, 3.8) is 0 Å². The maximum Gasteiger partial charge on any atom is 0.257 e. The Bertz CT molecular complexity index is 1050. The second-order valence-electron chi connectivity index (χ2n) is 7.88. The van der Waals surface area contributed by atoms with Gasteiger partial charge in [0, 0.05) is 37.9 Å². The number of aromatic nitrogens is 2. The third kappa shape index (κ3) is 4.61. The summed E-state index contributed by atoms with van der Waals surface area (Å²) in [6.07, 6.45) is 5.22. The van der Waals surface area contributed by atoms with E-state index in [1.54, 1.807) is 35.2 Å². The van der Waals surface area contributed by atoms with Crippen molar-refractivity contribution in [3.8, 4) is 11.4 Å². The van der Waals surface area contributed by atoms with Crippen LogP contribution < -0.4 is 4.74 Å². The molecular weight excluding hydrogens is 395 g/mol. The molecule has 1 aliphatic heterocycles. The summed E-state index contributed by atoms with van der Waals surface area (Å²) in [5.41, 5.74) is 2.00. The van der Waals surface area contributed by atoms with E-state index in [0.717, 1.165) is 31.6 Å². The summed E-state index contributed by atoms with van der Waals surface area (Å²) in [5, 5.41) is 4.36. The summed E-state index contributed by atoms with van der Waals surface area (Å²) < 4.78 is 21.1. The summed E-state index contributed by atoms with van der Waals surface area (Å²) in [6.45, 7) is 2.17. The quantitative estimate of drug-likeness (QED) is 0.607. The summed E-state index contributed by atoms with van der Waals surface area (Å²) >= 11 is 0. The molecule has 0 spiro atoms. The molecule has 1 aliphatic rings. The Labute approximate surface area is 181 Å². The number of ether oxygens (including phenoxy) is 1. The molecule has 1 saturated heterocycles. The monoisotopic (exact) mass is 422 g/mol. The van der Waals surface area contributed by atoms with Crippen LogP contribution in [-0.4, -0.2) is 58.8 Å². The molecule has 1 amide bonds. The first-order chi connectivity index (χ1) is 15.1. The molecule has 0 unspecified atom stereocenters. The predicted molar refractivity (Wildman–Crippen MR) is 117 cm³/mol. The van der Waals surface area contributed by atoms with Crippen LogP contribution in [0.1, 0.15) is 28.8 Å². The molecule has 1 aromatic heterocycles. The number of carbonyl (C=O) groups excluding carboxylic acids is 1. The SMILES string of the molecule is COc1ccccc1-n1cc(C(=O)N(C)[C@@H]2CCCN(Cc3ccccc3F)C2)cn1. The third-order valence-electron chi connectivity index (χ3n) is 5.86. The molecule has 0 radical (unpaired) electrons. The molecule has 0 saturated carbocycles. The maximum atomic E-state index is 14.0. The first-order valence-corrected chi connectivity index (χ1v) is 10.5. The zero-order valence-electron chi connectivity index (χ0n) is 17.9. The van der Waals surface area contributed by atoms with Crippen molar-refractivity contribution in [2.75, 3.05) is 27.2 Å². The van der Waals surface area contributed by atoms with Crippen molar-refractivity contribution in [1.29, 1.82) is 0 Å². The van der Waals surface area contributed by atoms with Crippen LogP contribution in [0.15, 0.2) is 60.9 Å². The van der Waals surface area contributed by atoms with Crippen molar-refractivity contribution < 1.29 is 13.9 Å². The van der Waals surface area contributed by atoms with Gasteiger partial charge in [-0.2, -0.15) is 5.10 Å². The highest BCUT2D eigenvalue weighted by atomic mass is 19.1. The van der Waals surface area contributed by atoms with E-state index >= 15 is 0 Å². The Balaban J connectivity index is 1.44. The minimum atomic E-state index is -0.183. The Morgan fingerprint density at radius 1 is 1.23 bits per heavy atom. The first-order valence-electron chi connectivity index (χ1n) is 10.5. The van der Waals surface area contributed by atoms with Gasteiger partial charge in [0.25, 0.3) is 5.91 Å². The van der Waals surface area contributed by atoms with Gasteiger partial charge in [-0.05, 0) is 37.6 Å². The maximum absolute atomic E-state index is 14.0. The molecule has 31 heavy (non-hydrogen) atoms. The van der Waals surface area contributed by atoms with Gasteiger partial charge in [0.05, 0.1) is 18.9 Å². The number of rotatable bonds is 6. The molecule has 4 rings (SSSR count). The zero-order valence-corrected chi connectivity index (χ0v) is 17.9. The van der Waals surface area contributed by atoms with Crippen molar-refractivity contribution in [2.45, 2.75) is 25.4 Å². The van der Waals surface area contributed by atoms with Crippen LogP contribution in [-0.2, 0) is 6.54 Å². The number of likely N-dealkylation sites (N-methyl/N-ethyl adjacent to an activating group) is 1. The van der Waals surface area contributed by atoms with Gasteiger partial charge >= 0.3 is 0 Å². The van der Waals surface area contributed by atoms with E-state index in [0.29, 0.717) is 23.4 Å². The lowest BCUT2D eigenvalue weighted by Crippen LogP contribution is -2.48. The highest BCUT2D eigenvalue weighted by Crippen LogP contribution is 2.23. The lowest BCUT2D eigenvalue weighted by Gasteiger charge is -2.37. The number of hydrogen-bond acceptors (Lipinski definition) is 4. The average Bonchev–Trinajstić information content (AvgIpc) is 3.30. The average molecular weight is 423 g/mol. The number of halogens is 1. The van der Waals surface area contributed by atoms with Gasteiger partial charge in [0.2, 0.25) is 0 Å². The number of amides is 1. The molecule has 0 bridgehead atoms. The number of nitrogens with zero attached hydrogens (tertiary/aromatic N) is 4. The Hall–Kier alpha value is -3.19. The lowest BCUT2D eigenvalue weighted by molar-refractivity contribution is 0.0608. The fourth-order valence-electron chi connectivity index (χ4n) is 4.11. The van der Waals surface area contributed by atoms with Crippen molar-refractivity contribution >= 4 is 5.91 Å². The van der Waals surface area contributed by atoms with E-state index in [9.17, 15) is 9.18 Å². The largest absolute Gasteiger partial charge is 0.494 e. The molecule has 162 valence electrons. The third-order valence-corrected chi connectivity index (χ3v) is 5.86. The van der Waals surface area contributed by atoms with Crippen LogP contribution in [0.2, 0.25) is 0 Å². The summed E-state index contributed by atoms with van der Waals surface area (Å²) in [6, 6.07) is 14.5. The van der Waals surface area contributed by atoms with Crippen LogP contribution in [0.5, 0.6) is 5.75 Å². The fraction of sp³-hybridized carbons (Fsp3) is 0.333. The number of methoxy groups -OCH3 is 1. The number of likely N-dealkylation sites (tertiary alicyclic amines) is 1. The number of para-hydroxylation sites is 2. The van der Waals surface area contributed by atoms with Crippen LogP contribution in [0.3, 0.4) is 0 Å². The standard InChI is InChI=1S/C24H27FN4O2/c1-27(20-9-7-13-28(17-20)15-18-8-3-4-10-21(18)25)24(30)19-14-26-29(16-19)22-11-5-6-12-23(22)31-2/h3-6,8,10-12,14,16,20H,7,9,13,15,17H2,1-2H3/t20-/m1/s1. The van der Waals surface area contributed by atoms with Gasteiger partial charge in [-0.15, -0.1) is 0 Å². The molecule has 6 nitrogen and oxygen atoms in total. The van der Waals surface area contributed by atoms with E-state index in [1.807, 2.05) is 43.4 Å². The van der Waals surface area contributed by atoms with Crippen molar-refractivity contribution in [2.24, 2.45) is 0 Å². The summed E-state index contributed by atoms with van der Waals surface area (Å²) in [7, 11) is 3.44. The lowest BCUT2D eigenvalue weighted by atomic mass is 10.0. The molecule has 1 fully saturated rings. The second kappa shape index (κ2) is 9.31. The van der Waals surface area contributed by atoms with Crippen LogP contribution >= 0.6 is 0 Å².